The second kappa shape index (κ2) is 5.66. The van der Waals surface area contributed by atoms with Crippen LogP contribution in [-0.2, 0) is 11.3 Å². The molecule has 1 aromatic heterocycles. The average Bonchev–Trinajstić information content (AvgIpc) is 2.33. The van der Waals surface area contributed by atoms with Crippen LogP contribution in [0.25, 0.3) is 0 Å². The van der Waals surface area contributed by atoms with Crippen molar-refractivity contribution in [3.8, 4) is 0 Å². The number of nitrogens with zero attached hydrogens (tertiary/aromatic N) is 2. The molecule has 4 nitrogen and oxygen atoms in total. The number of carbonyl (C=O) groups is 1. The number of hydrogen-bond acceptors (Lipinski definition) is 3. The lowest BCUT2D eigenvalue weighted by Gasteiger charge is -2.26. The molecule has 1 N–H and O–H groups in total. The second-order valence-corrected chi connectivity index (χ2v) is 4.32. The Morgan fingerprint density at radius 3 is 3.06 bits per heavy atom. The lowest BCUT2D eigenvalue weighted by atomic mass is 10.1. The van der Waals surface area contributed by atoms with Gasteiger partial charge in [-0.15, -0.1) is 0 Å². The highest BCUT2D eigenvalue weighted by Gasteiger charge is 2.18. The van der Waals surface area contributed by atoms with E-state index in [1.54, 1.807) is 0 Å². The monoisotopic (exact) mass is 233 g/mol. The smallest absolute Gasteiger partial charge is 0.222 e. The van der Waals surface area contributed by atoms with Gasteiger partial charge in [0.2, 0.25) is 5.91 Å². The van der Waals surface area contributed by atoms with Crippen molar-refractivity contribution >= 4 is 11.7 Å². The molecule has 2 rings (SSSR count). The highest BCUT2D eigenvalue weighted by molar-refractivity contribution is 5.76. The van der Waals surface area contributed by atoms with Gasteiger partial charge in [-0.05, 0) is 31.9 Å². The zero-order chi connectivity index (χ0) is 12.1. The molecule has 0 aliphatic carbocycles. The number of amides is 1. The number of carbonyl (C=O) groups excluding carboxylic acids is 1. The minimum atomic E-state index is 0.256. The first kappa shape index (κ1) is 11.9. The molecule has 1 amide bonds. The second-order valence-electron chi connectivity index (χ2n) is 4.32. The lowest BCUT2D eigenvalue weighted by Crippen LogP contribution is -2.34. The summed E-state index contributed by atoms with van der Waals surface area (Å²) < 4.78 is 0. The van der Waals surface area contributed by atoms with Crippen LogP contribution in [0.15, 0.2) is 18.2 Å². The van der Waals surface area contributed by atoms with Crippen molar-refractivity contribution in [3.63, 3.8) is 0 Å². The third-order valence-corrected chi connectivity index (χ3v) is 2.94. The summed E-state index contributed by atoms with van der Waals surface area (Å²) in [5, 5.41) is 3.18. The summed E-state index contributed by atoms with van der Waals surface area (Å²) in [6.07, 6.45) is 2.83. The number of nitrogens with one attached hydrogen (secondary N) is 1. The van der Waals surface area contributed by atoms with Crippen LogP contribution in [0.2, 0.25) is 0 Å². The van der Waals surface area contributed by atoms with Gasteiger partial charge in [-0.3, -0.25) is 4.79 Å². The largest absolute Gasteiger partial charge is 0.370 e. The van der Waals surface area contributed by atoms with Crippen molar-refractivity contribution in [2.24, 2.45) is 0 Å². The van der Waals surface area contributed by atoms with Crippen LogP contribution >= 0.6 is 0 Å². The van der Waals surface area contributed by atoms with E-state index in [9.17, 15) is 4.79 Å². The van der Waals surface area contributed by atoms with E-state index >= 15 is 0 Å². The molecule has 1 fully saturated rings. The molecule has 0 bridgehead atoms. The Morgan fingerprint density at radius 1 is 1.41 bits per heavy atom. The van der Waals surface area contributed by atoms with Crippen molar-refractivity contribution in [2.75, 3.05) is 18.4 Å². The fourth-order valence-corrected chi connectivity index (χ4v) is 2.07. The quantitative estimate of drug-likeness (QED) is 0.865. The summed E-state index contributed by atoms with van der Waals surface area (Å²) in [6, 6.07) is 5.91. The lowest BCUT2D eigenvalue weighted by molar-refractivity contribution is -0.133. The highest BCUT2D eigenvalue weighted by Crippen LogP contribution is 2.14. The van der Waals surface area contributed by atoms with Crippen LogP contribution in [0, 0.1) is 0 Å². The van der Waals surface area contributed by atoms with Crippen molar-refractivity contribution in [3.05, 3.63) is 23.9 Å². The molecule has 92 valence electrons. The highest BCUT2D eigenvalue weighted by atomic mass is 16.2. The van der Waals surface area contributed by atoms with E-state index in [1.165, 1.54) is 0 Å². The number of piperidine rings is 1. The summed E-state index contributed by atoms with van der Waals surface area (Å²) in [4.78, 5) is 18.1. The van der Waals surface area contributed by atoms with Gasteiger partial charge in [0.05, 0.1) is 12.2 Å². The minimum absolute atomic E-state index is 0.256. The summed E-state index contributed by atoms with van der Waals surface area (Å²) >= 11 is 0. The molecule has 1 saturated heterocycles. The molecular weight excluding hydrogens is 214 g/mol. The summed E-state index contributed by atoms with van der Waals surface area (Å²) in [5.74, 6) is 1.14. The van der Waals surface area contributed by atoms with Crippen LogP contribution < -0.4 is 5.32 Å². The molecule has 0 radical (unpaired) electrons. The van der Waals surface area contributed by atoms with Gasteiger partial charge in [-0.25, -0.2) is 4.98 Å². The summed E-state index contributed by atoms with van der Waals surface area (Å²) in [7, 11) is 0. The SMILES string of the molecule is CCNc1cccc(CN2CCCCC2=O)n1. The number of rotatable bonds is 4. The van der Waals surface area contributed by atoms with Gasteiger partial charge >= 0.3 is 0 Å². The normalized spacial score (nSPS) is 16.1. The molecule has 1 aliphatic heterocycles. The first-order valence-corrected chi connectivity index (χ1v) is 6.27. The fourth-order valence-electron chi connectivity index (χ4n) is 2.07. The van der Waals surface area contributed by atoms with Gasteiger partial charge in [-0.2, -0.15) is 0 Å². The topological polar surface area (TPSA) is 45.2 Å². The van der Waals surface area contributed by atoms with Crippen molar-refractivity contribution in [1.29, 1.82) is 0 Å². The number of aromatic nitrogens is 1. The molecular formula is C13H19N3O. The van der Waals surface area contributed by atoms with E-state index in [4.69, 9.17) is 0 Å². The first-order chi connectivity index (χ1) is 8.29. The maximum absolute atomic E-state index is 11.7. The van der Waals surface area contributed by atoms with Crippen LogP contribution in [-0.4, -0.2) is 28.9 Å². The van der Waals surface area contributed by atoms with Gasteiger partial charge in [-0.1, -0.05) is 6.07 Å². The van der Waals surface area contributed by atoms with Crippen molar-refractivity contribution in [2.45, 2.75) is 32.7 Å². The Balaban J connectivity index is 2.01. The van der Waals surface area contributed by atoms with E-state index in [-0.39, 0.29) is 5.91 Å². The predicted octanol–water partition coefficient (Wildman–Crippen LogP) is 2.03. The van der Waals surface area contributed by atoms with Gasteiger partial charge < -0.3 is 10.2 Å². The van der Waals surface area contributed by atoms with E-state index < -0.39 is 0 Å². The van der Waals surface area contributed by atoms with E-state index in [1.807, 2.05) is 30.0 Å². The van der Waals surface area contributed by atoms with Gasteiger partial charge in [0.25, 0.3) is 0 Å². The minimum Gasteiger partial charge on any atom is -0.370 e. The van der Waals surface area contributed by atoms with Crippen molar-refractivity contribution < 1.29 is 4.79 Å². The zero-order valence-corrected chi connectivity index (χ0v) is 10.3. The van der Waals surface area contributed by atoms with Crippen LogP contribution in [0.3, 0.4) is 0 Å². The Labute approximate surface area is 102 Å². The predicted molar refractivity (Wildman–Crippen MR) is 67.7 cm³/mol. The number of pyridine rings is 1. The van der Waals surface area contributed by atoms with E-state index in [2.05, 4.69) is 10.3 Å². The molecule has 2 heterocycles. The fraction of sp³-hybridized carbons (Fsp3) is 0.538. The summed E-state index contributed by atoms with van der Waals surface area (Å²) in [5.41, 5.74) is 0.957. The molecule has 4 heteroatoms. The average molecular weight is 233 g/mol. The van der Waals surface area contributed by atoms with E-state index in [0.717, 1.165) is 37.4 Å². The molecule has 1 aromatic rings. The van der Waals surface area contributed by atoms with Gasteiger partial charge in [0.15, 0.2) is 0 Å². The Bertz CT molecular complexity index is 392. The van der Waals surface area contributed by atoms with Crippen molar-refractivity contribution in [1.82, 2.24) is 9.88 Å². The number of anilines is 1. The maximum Gasteiger partial charge on any atom is 0.222 e. The van der Waals surface area contributed by atoms with E-state index in [0.29, 0.717) is 13.0 Å². The summed E-state index contributed by atoms with van der Waals surface area (Å²) in [6.45, 7) is 4.41. The third kappa shape index (κ3) is 3.19. The molecule has 17 heavy (non-hydrogen) atoms. The van der Waals surface area contributed by atoms with Gasteiger partial charge in [0, 0.05) is 19.5 Å². The Hall–Kier alpha value is -1.58. The first-order valence-electron chi connectivity index (χ1n) is 6.27. The maximum atomic E-state index is 11.7. The molecule has 0 unspecified atom stereocenters. The van der Waals surface area contributed by atoms with Crippen LogP contribution in [0.5, 0.6) is 0 Å². The Morgan fingerprint density at radius 2 is 2.29 bits per heavy atom. The molecule has 0 spiro atoms. The zero-order valence-electron chi connectivity index (χ0n) is 10.3. The third-order valence-electron chi connectivity index (χ3n) is 2.94. The Kier molecular flexibility index (Phi) is 3.96. The standard InChI is InChI=1S/C13H19N3O/c1-2-14-12-7-5-6-11(15-12)10-16-9-4-3-8-13(16)17/h5-7H,2-4,8-10H2,1H3,(H,14,15). The molecule has 0 aromatic carbocycles. The molecule has 1 aliphatic rings. The van der Waals surface area contributed by atoms with Crippen LogP contribution in [0.4, 0.5) is 5.82 Å². The van der Waals surface area contributed by atoms with Gasteiger partial charge in [0.1, 0.15) is 5.82 Å². The van der Waals surface area contributed by atoms with Crippen LogP contribution in [0.1, 0.15) is 31.9 Å². The molecule has 0 atom stereocenters. The number of hydrogen-bond donors (Lipinski definition) is 1. The molecule has 0 saturated carbocycles. The number of likely N-dealkylation sites (tertiary alicyclic amines) is 1.